The first-order valence-corrected chi connectivity index (χ1v) is 11.3. The third kappa shape index (κ3) is 5.33. The number of nitrogens with zero attached hydrogens (tertiary/aromatic N) is 4. The number of aromatic nitrogens is 4. The minimum atomic E-state index is -0.716. The average Bonchev–Trinajstić information content (AvgIpc) is 2.81. The second-order valence-corrected chi connectivity index (χ2v) is 8.56. The van der Waals surface area contributed by atoms with Gasteiger partial charge in [-0.3, -0.25) is 0 Å². The highest BCUT2D eigenvalue weighted by Gasteiger charge is 2.34. The fourth-order valence-corrected chi connectivity index (χ4v) is 4.04. The Morgan fingerprint density at radius 2 is 1.82 bits per heavy atom. The summed E-state index contributed by atoms with van der Waals surface area (Å²) in [6, 6.07) is 7.28. The Hall–Kier alpha value is -3.00. The van der Waals surface area contributed by atoms with Gasteiger partial charge in [0.05, 0.1) is 29.0 Å². The maximum Gasteiger partial charge on any atom is 0.142 e. The van der Waals surface area contributed by atoms with Crippen LogP contribution in [0.4, 0.5) is 14.6 Å². The van der Waals surface area contributed by atoms with Crippen LogP contribution in [0.15, 0.2) is 36.5 Å². The van der Waals surface area contributed by atoms with Gasteiger partial charge in [-0.15, -0.1) is 5.10 Å². The van der Waals surface area contributed by atoms with E-state index in [4.69, 9.17) is 5.11 Å². The van der Waals surface area contributed by atoms with Crippen LogP contribution in [0.5, 0.6) is 0 Å². The topological polar surface area (TPSA) is 83.8 Å². The van der Waals surface area contributed by atoms with Gasteiger partial charge >= 0.3 is 0 Å². The smallest absolute Gasteiger partial charge is 0.142 e. The number of benzene rings is 1. The van der Waals surface area contributed by atoms with Crippen LogP contribution in [0.2, 0.25) is 0 Å². The van der Waals surface area contributed by atoms with Crippen LogP contribution >= 0.6 is 0 Å². The summed E-state index contributed by atoms with van der Waals surface area (Å²) >= 11 is 0. The van der Waals surface area contributed by atoms with Crippen molar-refractivity contribution < 1.29 is 13.9 Å². The Kier molecular flexibility index (Phi) is 8.02. The number of rotatable bonds is 10. The van der Waals surface area contributed by atoms with Gasteiger partial charge in [-0.25, -0.2) is 18.7 Å². The summed E-state index contributed by atoms with van der Waals surface area (Å²) in [5.74, 6) is -0.0583. The molecule has 0 aliphatic rings. The molecule has 2 N–H and O–H groups in total. The fourth-order valence-electron chi connectivity index (χ4n) is 4.04. The number of hydrogen-bond donors (Lipinski definition) is 2. The summed E-state index contributed by atoms with van der Waals surface area (Å²) in [5.41, 5.74) is 0.867. The minimum absolute atomic E-state index is 0.0123. The normalized spacial score (nSPS) is 12.6. The molecule has 0 aliphatic heterocycles. The zero-order chi connectivity index (χ0) is 24.0. The lowest BCUT2D eigenvalue weighted by molar-refractivity contribution is 0.311. The molecule has 176 valence electrons. The number of halogens is 2. The molecule has 0 saturated carbocycles. The van der Waals surface area contributed by atoms with E-state index in [1.54, 1.807) is 18.3 Å². The van der Waals surface area contributed by atoms with Crippen LogP contribution in [0.25, 0.3) is 11.3 Å². The van der Waals surface area contributed by atoms with Gasteiger partial charge in [-0.05, 0) is 62.4 Å². The molecule has 2 aromatic heterocycles. The van der Waals surface area contributed by atoms with Crippen molar-refractivity contribution in [1.82, 2.24) is 20.2 Å². The van der Waals surface area contributed by atoms with E-state index in [-0.39, 0.29) is 23.8 Å². The third-order valence-electron chi connectivity index (χ3n) is 5.84. The molecule has 6 nitrogen and oxygen atoms in total. The highest BCUT2D eigenvalue weighted by molar-refractivity contribution is 5.62. The molecule has 1 atom stereocenters. The van der Waals surface area contributed by atoms with Crippen LogP contribution in [-0.4, -0.2) is 38.4 Å². The molecule has 0 aliphatic carbocycles. The molecule has 1 aromatic carbocycles. The molecule has 0 radical (unpaired) electrons. The lowest BCUT2D eigenvalue weighted by Crippen LogP contribution is -2.27. The van der Waals surface area contributed by atoms with Gasteiger partial charge in [-0.2, -0.15) is 5.10 Å². The number of aliphatic hydroxyl groups excluding tert-OH is 1. The molecular formula is C25H31F2N5O. The Bertz CT molecular complexity index is 1070. The first-order chi connectivity index (χ1) is 15.8. The van der Waals surface area contributed by atoms with E-state index in [2.05, 4.69) is 39.3 Å². The molecule has 0 bridgehead atoms. The summed E-state index contributed by atoms with van der Waals surface area (Å²) in [6.07, 6.45) is 4.37. The van der Waals surface area contributed by atoms with Gasteiger partial charge in [0.1, 0.15) is 23.3 Å². The summed E-state index contributed by atoms with van der Waals surface area (Å²) in [5, 5.41) is 20.9. The summed E-state index contributed by atoms with van der Waals surface area (Å²) < 4.78 is 29.0. The van der Waals surface area contributed by atoms with Crippen molar-refractivity contribution in [3.63, 3.8) is 0 Å². The Balaban J connectivity index is 2.16. The molecule has 8 heteroatoms. The lowest BCUT2D eigenvalue weighted by Gasteiger charge is -2.28. The van der Waals surface area contributed by atoms with E-state index in [9.17, 15) is 8.78 Å². The van der Waals surface area contributed by atoms with Crippen molar-refractivity contribution in [3.05, 3.63) is 65.2 Å². The summed E-state index contributed by atoms with van der Waals surface area (Å²) in [7, 11) is 0. The van der Waals surface area contributed by atoms with Crippen molar-refractivity contribution in [1.29, 1.82) is 0 Å². The highest BCUT2D eigenvalue weighted by atomic mass is 19.1. The molecule has 33 heavy (non-hydrogen) atoms. The molecular weight excluding hydrogens is 424 g/mol. The number of anilines is 1. The SMILES string of the molecule is CCC[C@H](CC)c1cc(-c2c(F)cccc2F)nnc1C(C)(C)c1nccc(NCCO)n1. The maximum atomic E-state index is 14.5. The van der Waals surface area contributed by atoms with Gasteiger partial charge in [0, 0.05) is 12.7 Å². The molecule has 0 saturated heterocycles. The van der Waals surface area contributed by atoms with E-state index in [1.165, 1.54) is 18.2 Å². The Labute approximate surface area is 193 Å². The Morgan fingerprint density at radius 3 is 2.45 bits per heavy atom. The quantitative estimate of drug-likeness (QED) is 0.435. The number of hydrogen-bond acceptors (Lipinski definition) is 6. The molecule has 3 aromatic rings. The molecule has 2 heterocycles. The zero-order valence-electron chi connectivity index (χ0n) is 19.6. The van der Waals surface area contributed by atoms with Crippen molar-refractivity contribution in [3.8, 4) is 11.3 Å². The molecule has 0 spiro atoms. The van der Waals surface area contributed by atoms with Crippen molar-refractivity contribution >= 4 is 5.82 Å². The van der Waals surface area contributed by atoms with E-state index >= 15 is 0 Å². The van der Waals surface area contributed by atoms with Crippen LogP contribution < -0.4 is 5.32 Å². The van der Waals surface area contributed by atoms with Gasteiger partial charge in [0.2, 0.25) is 0 Å². The molecule has 0 unspecified atom stereocenters. The highest BCUT2D eigenvalue weighted by Crippen LogP contribution is 2.38. The van der Waals surface area contributed by atoms with Crippen molar-refractivity contribution in [2.75, 3.05) is 18.5 Å². The standard InChI is InChI=1S/C25H31F2N5O/c1-5-8-16(6-2)17-15-20(22-18(26)9-7-10-19(22)27)31-32-23(17)25(3,4)24-29-12-11-21(30-24)28-13-14-33/h7,9-12,15-16,33H,5-6,8,13-14H2,1-4H3,(H,28,29,30)/t16-/m0/s1. The zero-order valence-corrected chi connectivity index (χ0v) is 19.6. The average molecular weight is 456 g/mol. The van der Waals surface area contributed by atoms with E-state index in [0.29, 0.717) is 23.9 Å². The molecule has 0 fully saturated rings. The first-order valence-electron chi connectivity index (χ1n) is 11.3. The summed E-state index contributed by atoms with van der Waals surface area (Å²) in [4.78, 5) is 9.09. The predicted octanol–water partition coefficient (Wildman–Crippen LogP) is 5.24. The van der Waals surface area contributed by atoms with Crippen molar-refractivity contribution in [2.45, 2.75) is 58.3 Å². The van der Waals surface area contributed by atoms with Crippen molar-refractivity contribution in [2.24, 2.45) is 0 Å². The number of nitrogens with one attached hydrogen (secondary N) is 1. The van der Waals surface area contributed by atoms with Gasteiger partial charge in [-0.1, -0.05) is 26.3 Å². The van der Waals surface area contributed by atoms with Gasteiger partial charge in [0.25, 0.3) is 0 Å². The monoisotopic (exact) mass is 455 g/mol. The van der Waals surface area contributed by atoms with Crippen LogP contribution in [0.3, 0.4) is 0 Å². The predicted molar refractivity (Wildman–Crippen MR) is 125 cm³/mol. The van der Waals surface area contributed by atoms with Gasteiger partial charge < -0.3 is 10.4 Å². The minimum Gasteiger partial charge on any atom is -0.395 e. The van der Waals surface area contributed by atoms with Crippen LogP contribution in [0, 0.1) is 11.6 Å². The first kappa shape index (κ1) is 24.6. The second-order valence-electron chi connectivity index (χ2n) is 8.56. The fraction of sp³-hybridized carbons (Fsp3) is 0.440. The van der Waals surface area contributed by atoms with E-state index in [1.807, 2.05) is 13.8 Å². The van der Waals surface area contributed by atoms with Crippen LogP contribution in [0.1, 0.15) is 70.0 Å². The maximum absolute atomic E-state index is 14.5. The number of aliphatic hydroxyl groups is 1. The van der Waals surface area contributed by atoms with E-state index < -0.39 is 17.0 Å². The molecule has 0 amide bonds. The molecule has 3 rings (SSSR count). The van der Waals surface area contributed by atoms with E-state index in [0.717, 1.165) is 24.8 Å². The summed E-state index contributed by atoms with van der Waals surface area (Å²) in [6.45, 7) is 8.50. The van der Waals surface area contributed by atoms with Crippen LogP contribution in [-0.2, 0) is 5.41 Å². The third-order valence-corrected chi connectivity index (χ3v) is 5.84. The second kappa shape index (κ2) is 10.7. The van der Waals surface area contributed by atoms with Gasteiger partial charge in [0.15, 0.2) is 0 Å². The lowest BCUT2D eigenvalue weighted by atomic mass is 9.79. The Morgan fingerprint density at radius 1 is 1.09 bits per heavy atom. The largest absolute Gasteiger partial charge is 0.395 e.